The topological polar surface area (TPSA) is 34.1 Å². The van der Waals surface area contributed by atoms with Gasteiger partial charge in [-0.3, -0.25) is 4.79 Å². The van der Waals surface area contributed by atoms with Crippen molar-refractivity contribution in [2.45, 2.75) is 26.2 Å². The third-order valence-electron chi connectivity index (χ3n) is 3.66. The van der Waals surface area contributed by atoms with Gasteiger partial charge in [0.15, 0.2) is 0 Å². The van der Waals surface area contributed by atoms with Gasteiger partial charge in [0.1, 0.15) is 7.80 Å². The first-order valence-corrected chi connectivity index (χ1v) is 9.45. The molecular formula is C18H20ClO2P. The van der Waals surface area contributed by atoms with Crippen LogP contribution in [0.5, 0.6) is 0 Å². The second-order valence-electron chi connectivity index (χ2n) is 5.38. The first kappa shape index (κ1) is 17.0. The molecule has 0 radical (unpaired) electrons. The lowest BCUT2D eigenvalue weighted by Gasteiger charge is -2.07. The molecule has 0 aliphatic carbocycles. The lowest BCUT2D eigenvalue weighted by molar-refractivity contribution is 0.107. The van der Waals surface area contributed by atoms with Crippen LogP contribution < -0.4 is 0 Å². The maximum Gasteiger partial charge on any atom is 0.220 e. The van der Waals surface area contributed by atoms with Crippen molar-refractivity contribution in [3.63, 3.8) is 0 Å². The summed E-state index contributed by atoms with van der Waals surface area (Å²) in [5.74, 6) is 0. The molecule has 4 heteroatoms. The molecule has 0 saturated carbocycles. The van der Waals surface area contributed by atoms with Crippen molar-refractivity contribution >= 4 is 24.9 Å². The molecule has 2 aromatic carbocycles. The SMILES string of the molecule is Cc1cccc(Cl)c1C(=O)[PH](=O)CCCCc1ccccc1. The number of benzene rings is 2. The minimum atomic E-state index is -2.29. The number of hydrogen-bond acceptors (Lipinski definition) is 2. The lowest BCUT2D eigenvalue weighted by Crippen LogP contribution is -2.00. The molecular weight excluding hydrogens is 315 g/mol. The standard InChI is InChI=1S/C18H20ClO2P/c1-14-8-7-12-16(19)17(14)18(20)22(21)13-6-5-11-15-9-3-2-4-10-15/h2-4,7-10,12,22H,5-6,11,13H2,1H3. The van der Waals surface area contributed by atoms with Gasteiger partial charge in [0, 0.05) is 11.7 Å². The molecule has 0 aromatic heterocycles. The molecule has 2 nitrogen and oxygen atoms in total. The Kier molecular flexibility index (Phi) is 6.42. The summed E-state index contributed by atoms with van der Waals surface area (Å²) in [6.07, 6.45) is 3.15. The van der Waals surface area contributed by atoms with E-state index in [9.17, 15) is 9.36 Å². The predicted molar refractivity (Wildman–Crippen MR) is 93.8 cm³/mol. The van der Waals surface area contributed by atoms with E-state index in [2.05, 4.69) is 12.1 Å². The fourth-order valence-corrected chi connectivity index (χ4v) is 4.23. The first-order chi connectivity index (χ1) is 10.6. The molecule has 0 heterocycles. The van der Waals surface area contributed by atoms with E-state index in [0.29, 0.717) is 16.7 Å². The molecule has 2 aromatic rings. The highest BCUT2D eigenvalue weighted by Crippen LogP contribution is 2.33. The van der Waals surface area contributed by atoms with E-state index >= 15 is 0 Å². The van der Waals surface area contributed by atoms with Gasteiger partial charge in [0.25, 0.3) is 0 Å². The molecule has 22 heavy (non-hydrogen) atoms. The van der Waals surface area contributed by atoms with Crippen molar-refractivity contribution in [3.05, 3.63) is 70.2 Å². The van der Waals surface area contributed by atoms with Gasteiger partial charge in [0.05, 0.1) is 5.02 Å². The summed E-state index contributed by atoms with van der Waals surface area (Å²) in [5, 5.41) is 0.396. The summed E-state index contributed by atoms with van der Waals surface area (Å²) in [5.41, 5.74) is 2.21. The fraction of sp³-hybridized carbons (Fsp3) is 0.278. The quantitative estimate of drug-likeness (QED) is 0.504. The Hall–Kier alpha value is -1.37. The molecule has 0 fully saturated rings. The number of hydrogen-bond donors (Lipinski definition) is 0. The van der Waals surface area contributed by atoms with Gasteiger partial charge in [-0.05, 0) is 43.4 Å². The van der Waals surface area contributed by atoms with Crippen LogP contribution in [0.3, 0.4) is 0 Å². The summed E-state index contributed by atoms with van der Waals surface area (Å²) in [6, 6.07) is 15.5. The molecule has 2 rings (SSSR count). The van der Waals surface area contributed by atoms with E-state index in [-0.39, 0.29) is 5.52 Å². The molecule has 0 spiro atoms. The van der Waals surface area contributed by atoms with Gasteiger partial charge in [0.2, 0.25) is 5.52 Å². The molecule has 0 bridgehead atoms. The van der Waals surface area contributed by atoms with Gasteiger partial charge in [-0.15, -0.1) is 0 Å². The Morgan fingerprint density at radius 3 is 2.45 bits per heavy atom. The second kappa shape index (κ2) is 8.31. The zero-order valence-corrected chi connectivity index (χ0v) is 14.4. The largest absolute Gasteiger partial charge is 0.318 e. The van der Waals surface area contributed by atoms with E-state index < -0.39 is 7.80 Å². The van der Waals surface area contributed by atoms with Crippen LogP contribution in [0, 0.1) is 6.92 Å². The van der Waals surface area contributed by atoms with Crippen molar-refractivity contribution in [2.75, 3.05) is 6.16 Å². The molecule has 1 unspecified atom stereocenters. The number of carbonyl (C=O) groups is 1. The molecule has 0 aliphatic heterocycles. The Labute approximate surface area is 137 Å². The van der Waals surface area contributed by atoms with Gasteiger partial charge < -0.3 is 4.57 Å². The Morgan fingerprint density at radius 1 is 1.05 bits per heavy atom. The Balaban J connectivity index is 1.86. The molecule has 0 aliphatic rings. The van der Waals surface area contributed by atoms with Crippen LogP contribution in [0.2, 0.25) is 5.02 Å². The van der Waals surface area contributed by atoms with E-state index in [1.165, 1.54) is 5.56 Å². The van der Waals surface area contributed by atoms with Crippen molar-refractivity contribution in [2.24, 2.45) is 0 Å². The minimum Gasteiger partial charge on any atom is -0.318 e. The number of halogens is 1. The third-order valence-corrected chi connectivity index (χ3v) is 5.54. The van der Waals surface area contributed by atoms with Crippen molar-refractivity contribution in [1.29, 1.82) is 0 Å². The third kappa shape index (κ3) is 4.56. The monoisotopic (exact) mass is 334 g/mol. The Bertz CT molecular complexity index is 648. The van der Waals surface area contributed by atoms with E-state index in [4.69, 9.17) is 11.6 Å². The molecule has 0 saturated heterocycles. The van der Waals surface area contributed by atoms with Gasteiger partial charge in [-0.25, -0.2) is 0 Å². The smallest absolute Gasteiger partial charge is 0.220 e. The number of rotatable bonds is 7. The average Bonchev–Trinajstić information content (AvgIpc) is 2.52. The highest BCUT2D eigenvalue weighted by atomic mass is 35.5. The molecule has 0 N–H and O–H groups in total. The van der Waals surface area contributed by atoms with Crippen LogP contribution in [-0.4, -0.2) is 11.7 Å². The summed E-state index contributed by atoms with van der Waals surface area (Å²) in [6.45, 7) is 1.82. The molecule has 1 atom stereocenters. The molecule has 116 valence electrons. The van der Waals surface area contributed by atoms with Gasteiger partial charge in [-0.2, -0.15) is 0 Å². The molecule has 0 amide bonds. The van der Waals surface area contributed by atoms with Crippen LogP contribution >= 0.6 is 19.4 Å². The second-order valence-corrected chi connectivity index (χ2v) is 7.58. The van der Waals surface area contributed by atoms with E-state index in [0.717, 1.165) is 24.8 Å². The van der Waals surface area contributed by atoms with Gasteiger partial charge >= 0.3 is 0 Å². The highest BCUT2D eigenvalue weighted by Gasteiger charge is 2.18. The number of unbranched alkanes of at least 4 members (excludes halogenated alkanes) is 1. The Morgan fingerprint density at radius 2 is 1.77 bits per heavy atom. The maximum atomic E-state index is 12.3. The lowest BCUT2D eigenvalue weighted by atomic mass is 10.1. The van der Waals surface area contributed by atoms with Crippen molar-refractivity contribution in [3.8, 4) is 0 Å². The van der Waals surface area contributed by atoms with Crippen LogP contribution in [0.15, 0.2) is 48.5 Å². The number of aryl methyl sites for hydroxylation is 2. The number of carbonyl (C=O) groups excluding carboxylic acids is 1. The average molecular weight is 335 g/mol. The highest BCUT2D eigenvalue weighted by molar-refractivity contribution is 7.64. The normalized spacial score (nSPS) is 12.1. The van der Waals surface area contributed by atoms with Crippen molar-refractivity contribution in [1.82, 2.24) is 0 Å². The maximum absolute atomic E-state index is 12.3. The predicted octanol–water partition coefficient (Wildman–Crippen LogP) is 5.37. The van der Waals surface area contributed by atoms with Crippen LogP contribution in [0.25, 0.3) is 0 Å². The van der Waals surface area contributed by atoms with Crippen molar-refractivity contribution < 1.29 is 9.36 Å². The van der Waals surface area contributed by atoms with Crippen LogP contribution in [0.4, 0.5) is 0 Å². The van der Waals surface area contributed by atoms with E-state index in [1.807, 2.05) is 31.2 Å². The van der Waals surface area contributed by atoms with E-state index in [1.54, 1.807) is 12.1 Å². The summed E-state index contributed by atoms with van der Waals surface area (Å²) >= 11 is 6.07. The first-order valence-electron chi connectivity index (χ1n) is 7.46. The van der Waals surface area contributed by atoms with Crippen LogP contribution in [-0.2, 0) is 11.0 Å². The minimum absolute atomic E-state index is 0.284. The summed E-state index contributed by atoms with van der Waals surface area (Å²) in [4.78, 5) is 12.3. The zero-order valence-electron chi connectivity index (χ0n) is 12.6. The summed E-state index contributed by atoms with van der Waals surface area (Å²) < 4.78 is 12.2. The zero-order chi connectivity index (χ0) is 15.9. The van der Waals surface area contributed by atoms with Gasteiger partial charge in [-0.1, -0.05) is 54.1 Å². The fourth-order valence-electron chi connectivity index (χ4n) is 2.43. The van der Waals surface area contributed by atoms with Crippen LogP contribution in [0.1, 0.15) is 34.3 Å². The summed E-state index contributed by atoms with van der Waals surface area (Å²) in [7, 11) is -2.29.